The minimum absolute atomic E-state index is 0.0227. The number of rotatable bonds is 9. The number of benzene rings is 3. The van der Waals surface area contributed by atoms with Crippen LogP contribution < -0.4 is 9.64 Å². The van der Waals surface area contributed by atoms with Crippen molar-refractivity contribution < 1.29 is 29.0 Å². The van der Waals surface area contributed by atoms with Crippen LogP contribution in [-0.2, 0) is 20.9 Å². The fourth-order valence-corrected chi connectivity index (χ4v) is 5.81. The molecule has 1 fully saturated rings. The lowest BCUT2D eigenvalue weighted by molar-refractivity contribution is -0.132. The molecule has 0 spiro atoms. The number of aromatic nitrogens is 1. The third-order valence-electron chi connectivity index (χ3n) is 7.03. The number of thiazole rings is 1. The van der Waals surface area contributed by atoms with Gasteiger partial charge in [-0.25, -0.2) is 9.78 Å². The molecule has 0 saturated carbocycles. The first-order valence-corrected chi connectivity index (χ1v) is 14.4. The number of aliphatic hydroxyl groups is 1. The normalized spacial score (nSPS) is 15.9. The van der Waals surface area contributed by atoms with Gasteiger partial charge in [0, 0.05) is 5.56 Å². The Labute approximate surface area is 253 Å². The number of aliphatic hydroxyl groups excluding tert-OH is 1. The van der Waals surface area contributed by atoms with E-state index in [1.807, 2.05) is 56.3 Å². The summed E-state index contributed by atoms with van der Waals surface area (Å²) in [6, 6.07) is 21.2. The molecule has 43 heavy (non-hydrogen) atoms. The highest BCUT2D eigenvalue weighted by Crippen LogP contribution is 2.44. The zero-order chi connectivity index (χ0) is 30.7. The standard InChI is InChI=1S/C34H30N2O6S/c1-5-17-41-33(40)31-22(4)35-34(43-31)36-28(24-13-11-20(2)12-14-24)27(30(38)32(36)39)29(37)25-15-16-26(21(3)18-25)42-19-23-9-7-6-8-10-23/h5-16,18,28,37H,1,17,19H2,2-4H3/b29-27-. The van der Waals surface area contributed by atoms with E-state index in [2.05, 4.69) is 11.6 Å². The fourth-order valence-electron chi connectivity index (χ4n) is 4.82. The second kappa shape index (κ2) is 12.5. The molecular weight excluding hydrogens is 564 g/mol. The highest BCUT2D eigenvalue weighted by atomic mass is 32.1. The smallest absolute Gasteiger partial charge is 0.350 e. The lowest BCUT2D eigenvalue weighted by Crippen LogP contribution is -2.29. The predicted molar refractivity (Wildman–Crippen MR) is 165 cm³/mol. The molecule has 9 heteroatoms. The van der Waals surface area contributed by atoms with Crippen molar-refractivity contribution in [2.75, 3.05) is 11.5 Å². The van der Waals surface area contributed by atoms with Crippen LogP contribution in [0.25, 0.3) is 5.76 Å². The molecule has 1 atom stereocenters. The summed E-state index contributed by atoms with van der Waals surface area (Å²) in [5.41, 5.74) is 4.01. The number of Topliss-reactive ketones (excluding diaryl/α,β-unsaturated/α-hetero) is 1. The largest absolute Gasteiger partial charge is 0.507 e. The van der Waals surface area contributed by atoms with E-state index in [1.54, 1.807) is 37.3 Å². The summed E-state index contributed by atoms with van der Waals surface area (Å²) in [6.45, 7) is 9.35. The zero-order valence-electron chi connectivity index (χ0n) is 24.0. The summed E-state index contributed by atoms with van der Waals surface area (Å²) >= 11 is 0.952. The molecule has 1 unspecified atom stereocenters. The van der Waals surface area contributed by atoms with Gasteiger partial charge in [-0.2, -0.15) is 0 Å². The van der Waals surface area contributed by atoms with Gasteiger partial charge in [-0.3, -0.25) is 14.5 Å². The molecule has 0 bridgehead atoms. The highest BCUT2D eigenvalue weighted by Gasteiger charge is 2.48. The van der Waals surface area contributed by atoms with Gasteiger partial charge in [0.1, 0.15) is 29.6 Å². The fraction of sp³-hybridized carbons (Fsp3) is 0.176. The van der Waals surface area contributed by atoms with Crippen molar-refractivity contribution in [3.8, 4) is 5.75 Å². The van der Waals surface area contributed by atoms with Gasteiger partial charge in [0.05, 0.1) is 17.3 Å². The average Bonchev–Trinajstić information content (AvgIpc) is 3.51. The Morgan fingerprint density at radius 3 is 2.44 bits per heavy atom. The number of ketones is 1. The number of carbonyl (C=O) groups is 3. The predicted octanol–water partition coefficient (Wildman–Crippen LogP) is 6.62. The maximum Gasteiger partial charge on any atom is 0.350 e. The molecule has 0 aliphatic carbocycles. The second-order valence-corrected chi connectivity index (χ2v) is 11.1. The van der Waals surface area contributed by atoms with E-state index >= 15 is 0 Å². The SMILES string of the molecule is C=CCOC(=O)c1sc(N2C(=O)C(=O)/C(=C(\O)c3ccc(OCc4ccccc4)c(C)c3)C2c2ccc(C)cc2)nc1C. The first kappa shape index (κ1) is 29.5. The van der Waals surface area contributed by atoms with E-state index in [4.69, 9.17) is 9.47 Å². The number of ether oxygens (including phenoxy) is 2. The van der Waals surface area contributed by atoms with Gasteiger partial charge in [0.25, 0.3) is 5.78 Å². The molecule has 1 saturated heterocycles. The molecular formula is C34H30N2O6S. The third kappa shape index (κ3) is 5.98. The molecule has 3 aromatic carbocycles. The molecule has 4 aromatic rings. The maximum atomic E-state index is 13.6. The molecule has 0 radical (unpaired) electrons. The number of hydrogen-bond acceptors (Lipinski definition) is 8. The van der Waals surface area contributed by atoms with Crippen LogP contribution in [0.15, 0.2) is 91.0 Å². The van der Waals surface area contributed by atoms with Gasteiger partial charge in [0.15, 0.2) is 5.13 Å². The van der Waals surface area contributed by atoms with Crippen molar-refractivity contribution in [1.29, 1.82) is 0 Å². The lowest BCUT2D eigenvalue weighted by atomic mass is 9.94. The molecule has 8 nitrogen and oxygen atoms in total. The minimum Gasteiger partial charge on any atom is -0.507 e. The first-order chi connectivity index (χ1) is 20.7. The molecule has 1 aromatic heterocycles. The summed E-state index contributed by atoms with van der Waals surface area (Å²) < 4.78 is 11.1. The highest BCUT2D eigenvalue weighted by molar-refractivity contribution is 7.17. The molecule has 5 rings (SSSR count). The van der Waals surface area contributed by atoms with Gasteiger partial charge in [-0.05, 0) is 55.7 Å². The van der Waals surface area contributed by atoms with Crippen LogP contribution in [0.4, 0.5) is 5.13 Å². The van der Waals surface area contributed by atoms with E-state index in [-0.39, 0.29) is 27.9 Å². The lowest BCUT2D eigenvalue weighted by Gasteiger charge is -2.23. The van der Waals surface area contributed by atoms with Gasteiger partial charge in [0.2, 0.25) is 0 Å². The molecule has 1 aliphatic rings. The average molecular weight is 595 g/mol. The first-order valence-electron chi connectivity index (χ1n) is 13.6. The Kier molecular flexibility index (Phi) is 8.54. The maximum absolute atomic E-state index is 13.6. The van der Waals surface area contributed by atoms with Crippen molar-refractivity contribution in [1.82, 2.24) is 4.98 Å². The molecule has 218 valence electrons. The van der Waals surface area contributed by atoms with E-state index in [0.717, 1.165) is 28.0 Å². The van der Waals surface area contributed by atoms with Crippen LogP contribution in [0.3, 0.4) is 0 Å². The van der Waals surface area contributed by atoms with Gasteiger partial charge >= 0.3 is 11.9 Å². The quantitative estimate of drug-likeness (QED) is 0.0764. The Balaban J connectivity index is 1.55. The van der Waals surface area contributed by atoms with Gasteiger partial charge in [-0.1, -0.05) is 84.2 Å². The number of hydrogen-bond donors (Lipinski definition) is 1. The summed E-state index contributed by atoms with van der Waals surface area (Å²) in [4.78, 5) is 45.6. The van der Waals surface area contributed by atoms with E-state index in [0.29, 0.717) is 29.2 Å². The Hall–Kier alpha value is -5.02. The third-order valence-corrected chi connectivity index (χ3v) is 8.17. The monoisotopic (exact) mass is 594 g/mol. The minimum atomic E-state index is -0.975. The number of esters is 1. The van der Waals surface area contributed by atoms with Crippen LogP contribution in [0.2, 0.25) is 0 Å². The molecule has 1 amide bonds. The van der Waals surface area contributed by atoms with Crippen molar-refractivity contribution in [2.45, 2.75) is 33.4 Å². The van der Waals surface area contributed by atoms with Gasteiger partial charge in [-0.15, -0.1) is 0 Å². The van der Waals surface area contributed by atoms with Crippen LogP contribution in [0.1, 0.15) is 49.2 Å². The topological polar surface area (TPSA) is 106 Å². The number of anilines is 1. The van der Waals surface area contributed by atoms with Crippen LogP contribution >= 0.6 is 11.3 Å². The molecule has 1 aliphatic heterocycles. The van der Waals surface area contributed by atoms with E-state index in [1.165, 1.54) is 11.0 Å². The Bertz CT molecular complexity index is 1740. The van der Waals surface area contributed by atoms with Crippen LogP contribution in [0, 0.1) is 20.8 Å². The van der Waals surface area contributed by atoms with Gasteiger partial charge < -0.3 is 14.6 Å². The number of nitrogens with zero attached hydrogens (tertiary/aromatic N) is 2. The molecule has 1 N–H and O–H groups in total. The molecule has 2 heterocycles. The Morgan fingerprint density at radius 2 is 1.77 bits per heavy atom. The summed E-state index contributed by atoms with van der Waals surface area (Å²) in [5, 5.41) is 11.7. The summed E-state index contributed by atoms with van der Waals surface area (Å²) in [5.74, 6) is -2.00. The van der Waals surface area contributed by atoms with Crippen molar-refractivity contribution in [3.63, 3.8) is 0 Å². The second-order valence-electron chi connectivity index (χ2n) is 10.1. The van der Waals surface area contributed by atoms with Crippen molar-refractivity contribution in [3.05, 3.63) is 129 Å². The number of amides is 1. The number of carbonyl (C=O) groups excluding carboxylic acids is 3. The van der Waals surface area contributed by atoms with E-state index in [9.17, 15) is 19.5 Å². The van der Waals surface area contributed by atoms with Crippen molar-refractivity contribution >= 4 is 39.9 Å². The van der Waals surface area contributed by atoms with Crippen LogP contribution in [-0.4, -0.2) is 34.4 Å². The summed E-state index contributed by atoms with van der Waals surface area (Å²) in [6.07, 6.45) is 1.45. The Morgan fingerprint density at radius 1 is 1.05 bits per heavy atom. The van der Waals surface area contributed by atoms with Crippen molar-refractivity contribution in [2.24, 2.45) is 0 Å². The van der Waals surface area contributed by atoms with Crippen LogP contribution in [0.5, 0.6) is 5.75 Å². The summed E-state index contributed by atoms with van der Waals surface area (Å²) in [7, 11) is 0. The van der Waals surface area contributed by atoms with E-state index < -0.39 is 23.7 Å². The zero-order valence-corrected chi connectivity index (χ0v) is 24.8. The number of aryl methyl sites for hydroxylation is 3.